The van der Waals surface area contributed by atoms with Crippen LogP contribution in [-0.4, -0.2) is 39.8 Å². The van der Waals surface area contributed by atoms with Crippen LogP contribution in [0.2, 0.25) is 0 Å². The monoisotopic (exact) mass is 434 g/mol. The van der Waals surface area contributed by atoms with Gasteiger partial charge in [-0.2, -0.15) is 0 Å². The van der Waals surface area contributed by atoms with Crippen molar-refractivity contribution in [1.82, 2.24) is 19.8 Å². The summed E-state index contributed by atoms with van der Waals surface area (Å²) in [6.45, 7) is 7.94. The number of aryl methyl sites for hydroxylation is 2. The molecule has 1 saturated heterocycles. The highest BCUT2D eigenvalue weighted by molar-refractivity contribution is 7.80. The van der Waals surface area contributed by atoms with E-state index in [9.17, 15) is 0 Å². The summed E-state index contributed by atoms with van der Waals surface area (Å²) in [6.07, 6.45) is 2.84. The molecule has 31 heavy (non-hydrogen) atoms. The van der Waals surface area contributed by atoms with E-state index < -0.39 is 0 Å². The van der Waals surface area contributed by atoms with Crippen molar-refractivity contribution in [3.05, 3.63) is 82.9 Å². The molecule has 4 rings (SSSR count). The Kier molecular flexibility index (Phi) is 6.39. The van der Waals surface area contributed by atoms with Crippen molar-refractivity contribution in [2.75, 3.05) is 20.3 Å². The highest BCUT2D eigenvalue weighted by Gasteiger charge is 2.41. The van der Waals surface area contributed by atoms with Crippen LogP contribution in [0.1, 0.15) is 47.2 Å². The molecule has 2 aromatic heterocycles. The second-order valence-electron chi connectivity index (χ2n) is 7.96. The summed E-state index contributed by atoms with van der Waals surface area (Å²) in [7, 11) is 1.73. The molecule has 0 unspecified atom stereocenters. The maximum atomic E-state index is 5.75. The van der Waals surface area contributed by atoms with Gasteiger partial charge < -0.3 is 19.5 Å². The molecule has 0 spiro atoms. The van der Waals surface area contributed by atoms with Crippen molar-refractivity contribution in [2.45, 2.75) is 39.3 Å². The first-order valence-corrected chi connectivity index (χ1v) is 11.2. The summed E-state index contributed by atoms with van der Waals surface area (Å²) in [5.41, 5.74) is 7.30. The number of ether oxygens (including phenoxy) is 1. The molecule has 3 aromatic rings. The van der Waals surface area contributed by atoms with Gasteiger partial charge in [0.15, 0.2) is 5.11 Å². The van der Waals surface area contributed by atoms with Crippen molar-refractivity contribution in [2.24, 2.45) is 0 Å². The number of hydrogen-bond acceptors (Lipinski definition) is 3. The third kappa shape index (κ3) is 3.98. The Hall–Kier alpha value is -2.70. The van der Waals surface area contributed by atoms with Crippen molar-refractivity contribution in [1.29, 1.82) is 0 Å². The molecule has 1 aromatic carbocycles. The summed E-state index contributed by atoms with van der Waals surface area (Å²) < 4.78 is 7.76. The Balaban J connectivity index is 1.83. The molecule has 0 amide bonds. The first-order chi connectivity index (χ1) is 15.1. The number of methoxy groups -OCH3 is 1. The van der Waals surface area contributed by atoms with Gasteiger partial charge in [-0.15, -0.1) is 0 Å². The van der Waals surface area contributed by atoms with Gasteiger partial charge in [0.25, 0.3) is 0 Å². The Morgan fingerprint density at radius 1 is 1.13 bits per heavy atom. The first-order valence-electron chi connectivity index (χ1n) is 10.8. The van der Waals surface area contributed by atoms with Crippen LogP contribution in [0.4, 0.5) is 0 Å². The lowest BCUT2D eigenvalue weighted by molar-refractivity contribution is 0.164. The lowest BCUT2D eigenvalue weighted by atomic mass is 9.97. The molecule has 1 aliphatic rings. The highest BCUT2D eigenvalue weighted by Crippen LogP contribution is 2.41. The summed E-state index contributed by atoms with van der Waals surface area (Å²) >= 11 is 5.75. The molecule has 0 saturated carbocycles. The summed E-state index contributed by atoms with van der Waals surface area (Å²) in [4.78, 5) is 6.89. The van der Waals surface area contributed by atoms with Gasteiger partial charge >= 0.3 is 0 Å². The molecule has 3 heterocycles. The van der Waals surface area contributed by atoms with Gasteiger partial charge in [0.2, 0.25) is 0 Å². The van der Waals surface area contributed by atoms with Crippen LogP contribution in [0, 0.1) is 13.8 Å². The topological polar surface area (TPSA) is 42.3 Å². The number of para-hydroxylation sites is 1. The van der Waals surface area contributed by atoms with Gasteiger partial charge in [0.05, 0.1) is 24.4 Å². The zero-order valence-corrected chi connectivity index (χ0v) is 19.4. The van der Waals surface area contributed by atoms with Gasteiger partial charge in [-0.05, 0) is 67.9 Å². The Bertz CT molecular complexity index is 1060. The van der Waals surface area contributed by atoms with Gasteiger partial charge in [0, 0.05) is 36.9 Å². The second kappa shape index (κ2) is 9.20. The molecule has 0 bridgehead atoms. The molecule has 6 heteroatoms. The predicted molar refractivity (Wildman–Crippen MR) is 129 cm³/mol. The van der Waals surface area contributed by atoms with Crippen molar-refractivity contribution in [3.63, 3.8) is 0 Å². The number of rotatable bonds is 7. The van der Waals surface area contributed by atoms with E-state index in [4.69, 9.17) is 17.0 Å². The summed E-state index contributed by atoms with van der Waals surface area (Å²) in [5.74, 6) is 0. The fourth-order valence-electron chi connectivity index (χ4n) is 4.66. The molecule has 2 atom stereocenters. The Labute approximate surface area is 190 Å². The quantitative estimate of drug-likeness (QED) is 0.548. The molecule has 0 radical (unpaired) electrons. The van der Waals surface area contributed by atoms with Crippen LogP contribution in [0.25, 0.3) is 5.69 Å². The standard InChI is InChI=1S/C25H30N4OS/c1-5-19-10-6-7-12-22(19)29-17(2)16-20(18(29)3)24-23(21-11-8-9-13-26-21)27-25(31)28(24)14-15-30-4/h6-13,16,23-24H,5,14-15H2,1-4H3,(H,27,31)/t23-,24+/m1/s1. The zero-order valence-electron chi connectivity index (χ0n) is 18.6. The molecule has 162 valence electrons. The number of pyridine rings is 1. The fraction of sp³-hybridized carbons (Fsp3) is 0.360. The number of nitrogens with zero attached hydrogens (tertiary/aromatic N) is 3. The molecule has 1 aliphatic heterocycles. The number of thiocarbonyl (C=S) groups is 1. The second-order valence-corrected chi connectivity index (χ2v) is 8.34. The average molecular weight is 435 g/mol. The lowest BCUT2D eigenvalue weighted by Crippen LogP contribution is -2.32. The van der Waals surface area contributed by atoms with Gasteiger partial charge in [-0.25, -0.2) is 0 Å². The normalized spacial score (nSPS) is 18.5. The lowest BCUT2D eigenvalue weighted by Gasteiger charge is -2.28. The number of aromatic nitrogens is 2. The Morgan fingerprint density at radius 3 is 2.61 bits per heavy atom. The maximum Gasteiger partial charge on any atom is 0.170 e. The largest absolute Gasteiger partial charge is 0.383 e. The van der Waals surface area contributed by atoms with Crippen molar-refractivity contribution >= 4 is 17.3 Å². The average Bonchev–Trinajstić information content (AvgIpc) is 3.27. The smallest absolute Gasteiger partial charge is 0.170 e. The number of benzene rings is 1. The van der Waals surface area contributed by atoms with E-state index in [1.54, 1.807) is 7.11 Å². The zero-order chi connectivity index (χ0) is 22.0. The van der Waals surface area contributed by atoms with E-state index in [0.717, 1.165) is 23.8 Å². The van der Waals surface area contributed by atoms with Crippen LogP contribution in [0.15, 0.2) is 54.7 Å². The molecule has 1 fully saturated rings. The van der Waals surface area contributed by atoms with Crippen molar-refractivity contribution < 1.29 is 4.74 Å². The molecule has 5 nitrogen and oxygen atoms in total. The van der Waals surface area contributed by atoms with Crippen LogP contribution >= 0.6 is 12.2 Å². The number of hydrogen-bond donors (Lipinski definition) is 1. The minimum absolute atomic E-state index is 0.0130. The van der Waals surface area contributed by atoms with Gasteiger partial charge in [-0.3, -0.25) is 4.98 Å². The maximum absolute atomic E-state index is 5.75. The third-order valence-electron chi connectivity index (χ3n) is 6.14. The van der Waals surface area contributed by atoms with E-state index in [0.29, 0.717) is 6.61 Å². The first kappa shape index (κ1) is 21.5. The molecular weight excluding hydrogens is 404 g/mol. The van der Waals surface area contributed by atoms with E-state index in [-0.39, 0.29) is 12.1 Å². The Morgan fingerprint density at radius 2 is 1.90 bits per heavy atom. The van der Waals surface area contributed by atoms with Crippen LogP contribution in [-0.2, 0) is 11.2 Å². The van der Waals surface area contributed by atoms with E-state index in [1.165, 1.54) is 28.2 Å². The summed E-state index contributed by atoms with van der Waals surface area (Å²) in [5, 5.41) is 4.27. The molecular formula is C25H30N4OS. The van der Waals surface area contributed by atoms with E-state index in [1.807, 2.05) is 18.3 Å². The van der Waals surface area contributed by atoms with E-state index >= 15 is 0 Å². The number of nitrogens with one attached hydrogen (secondary N) is 1. The minimum atomic E-state index is -0.0130. The fourth-order valence-corrected chi connectivity index (χ4v) is 4.99. The highest BCUT2D eigenvalue weighted by atomic mass is 32.1. The SMILES string of the molecule is CCc1ccccc1-n1c(C)cc([C@H]2[C@@H](c3ccccn3)NC(=S)N2CCOC)c1C. The van der Waals surface area contributed by atoms with E-state index in [2.05, 4.69) is 76.9 Å². The van der Waals surface area contributed by atoms with Crippen LogP contribution in [0.3, 0.4) is 0 Å². The van der Waals surface area contributed by atoms with Gasteiger partial charge in [0.1, 0.15) is 0 Å². The summed E-state index contributed by atoms with van der Waals surface area (Å²) in [6, 6.07) is 17.0. The van der Waals surface area contributed by atoms with Crippen LogP contribution in [0.5, 0.6) is 0 Å². The van der Waals surface area contributed by atoms with Crippen LogP contribution < -0.4 is 5.32 Å². The minimum Gasteiger partial charge on any atom is -0.383 e. The molecule has 1 N–H and O–H groups in total. The third-order valence-corrected chi connectivity index (χ3v) is 6.49. The van der Waals surface area contributed by atoms with Crippen molar-refractivity contribution in [3.8, 4) is 5.69 Å². The van der Waals surface area contributed by atoms with Gasteiger partial charge in [-0.1, -0.05) is 31.2 Å². The predicted octanol–water partition coefficient (Wildman–Crippen LogP) is 4.67. The molecule has 0 aliphatic carbocycles.